The van der Waals surface area contributed by atoms with Crippen molar-refractivity contribution in [2.75, 3.05) is 5.32 Å². The third-order valence-electron chi connectivity index (χ3n) is 4.38. The lowest BCUT2D eigenvalue weighted by molar-refractivity contribution is 0.0319. The molecule has 3 aromatic rings. The van der Waals surface area contributed by atoms with Crippen molar-refractivity contribution in [1.82, 2.24) is 0 Å². The van der Waals surface area contributed by atoms with E-state index in [2.05, 4.69) is 5.32 Å². The van der Waals surface area contributed by atoms with Crippen LogP contribution in [-0.4, -0.2) is 23.8 Å². The van der Waals surface area contributed by atoms with Crippen LogP contribution in [-0.2, 0) is 4.74 Å². The number of Topliss-reactive ketones (excluding diaryl/α,β-unsaturated/α-hetero) is 1. The summed E-state index contributed by atoms with van der Waals surface area (Å²) in [6, 6.07) is 22.3. The molecule has 0 aliphatic heterocycles. The average molecular weight is 387 g/mol. The number of ketones is 1. The van der Waals surface area contributed by atoms with E-state index in [-0.39, 0.29) is 17.3 Å². The molecule has 1 amide bonds. The van der Waals surface area contributed by atoms with Crippen molar-refractivity contribution < 1.29 is 19.1 Å². The highest BCUT2D eigenvalue weighted by Crippen LogP contribution is 2.15. The monoisotopic (exact) mass is 387 g/mol. The molecule has 0 radical (unpaired) electrons. The van der Waals surface area contributed by atoms with Crippen LogP contribution >= 0.6 is 0 Å². The Bertz CT molecular complexity index is 1030. The van der Waals surface area contributed by atoms with Gasteiger partial charge in [0, 0.05) is 16.8 Å². The summed E-state index contributed by atoms with van der Waals surface area (Å²) in [5, 5.41) is 2.76. The molecule has 0 aliphatic carbocycles. The molecule has 5 heteroatoms. The predicted octanol–water partition coefficient (Wildman–Crippen LogP) is 4.68. The lowest BCUT2D eigenvalue weighted by Crippen LogP contribution is -2.24. The van der Waals surface area contributed by atoms with Gasteiger partial charge in [0.25, 0.3) is 5.91 Å². The van der Waals surface area contributed by atoms with Crippen molar-refractivity contribution in [1.29, 1.82) is 0 Å². The summed E-state index contributed by atoms with van der Waals surface area (Å²) in [6.45, 7) is 3.48. The highest BCUT2D eigenvalue weighted by atomic mass is 16.5. The van der Waals surface area contributed by atoms with Crippen molar-refractivity contribution in [3.63, 3.8) is 0 Å². The Morgan fingerprint density at radius 1 is 0.793 bits per heavy atom. The van der Waals surface area contributed by atoms with Gasteiger partial charge in [0.1, 0.15) is 0 Å². The van der Waals surface area contributed by atoms with Crippen molar-refractivity contribution in [3.05, 3.63) is 101 Å². The number of carbonyl (C=O) groups excluding carboxylic acids is 3. The van der Waals surface area contributed by atoms with Gasteiger partial charge in [0.2, 0.25) is 5.78 Å². The van der Waals surface area contributed by atoms with E-state index >= 15 is 0 Å². The lowest BCUT2D eigenvalue weighted by Gasteiger charge is -2.13. The minimum atomic E-state index is -0.921. The lowest BCUT2D eigenvalue weighted by atomic mass is 10.1. The van der Waals surface area contributed by atoms with E-state index in [1.807, 2.05) is 25.1 Å². The highest BCUT2D eigenvalue weighted by molar-refractivity contribution is 6.05. The zero-order valence-corrected chi connectivity index (χ0v) is 16.2. The fraction of sp³-hybridized carbons (Fsp3) is 0.125. The molecule has 0 heterocycles. The zero-order valence-electron chi connectivity index (χ0n) is 16.2. The second-order valence-electron chi connectivity index (χ2n) is 6.68. The van der Waals surface area contributed by atoms with Gasteiger partial charge in [-0.15, -0.1) is 0 Å². The van der Waals surface area contributed by atoms with E-state index in [4.69, 9.17) is 4.74 Å². The molecular weight excluding hydrogens is 366 g/mol. The second-order valence-corrected chi connectivity index (χ2v) is 6.68. The van der Waals surface area contributed by atoms with E-state index < -0.39 is 12.1 Å². The minimum absolute atomic E-state index is 0.249. The van der Waals surface area contributed by atoms with Crippen LogP contribution in [0.4, 0.5) is 5.69 Å². The second kappa shape index (κ2) is 8.97. The van der Waals surface area contributed by atoms with Gasteiger partial charge in [0.15, 0.2) is 6.10 Å². The zero-order chi connectivity index (χ0) is 20.8. The number of esters is 1. The smallest absolute Gasteiger partial charge is 0.338 e. The van der Waals surface area contributed by atoms with Crippen LogP contribution in [0.25, 0.3) is 0 Å². The number of ether oxygens (including phenoxy) is 1. The van der Waals surface area contributed by atoms with Gasteiger partial charge >= 0.3 is 5.97 Å². The van der Waals surface area contributed by atoms with Crippen LogP contribution in [0.5, 0.6) is 0 Å². The maximum atomic E-state index is 12.4. The van der Waals surface area contributed by atoms with Gasteiger partial charge in [-0.1, -0.05) is 54.1 Å². The van der Waals surface area contributed by atoms with Gasteiger partial charge in [-0.05, 0) is 44.2 Å². The van der Waals surface area contributed by atoms with E-state index in [9.17, 15) is 14.4 Å². The van der Waals surface area contributed by atoms with E-state index in [0.29, 0.717) is 16.8 Å². The third kappa shape index (κ3) is 5.17. The van der Waals surface area contributed by atoms with Gasteiger partial charge in [-0.25, -0.2) is 4.79 Å². The van der Waals surface area contributed by atoms with E-state index in [1.54, 1.807) is 54.6 Å². The number of amides is 1. The van der Waals surface area contributed by atoms with Crippen LogP contribution in [0.1, 0.15) is 43.6 Å². The molecule has 0 spiro atoms. The van der Waals surface area contributed by atoms with Crippen LogP contribution in [0.2, 0.25) is 0 Å². The van der Waals surface area contributed by atoms with E-state index in [1.165, 1.54) is 13.0 Å². The highest BCUT2D eigenvalue weighted by Gasteiger charge is 2.20. The summed E-state index contributed by atoms with van der Waals surface area (Å²) in [5.41, 5.74) is 2.77. The molecule has 0 fully saturated rings. The van der Waals surface area contributed by atoms with Crippen molar-refractivity contribution in [2.24, 2.45) is 0 Å². The first-order valence-corrected chi connectivity index (χ1v) is 9.22. The number of benzene rings is 3. The summed E-state index contributed by atoms with van der Waals surface area (Å²) in [6.07, 6.45) is -0.921. The summed E-state index contributed by atoms with van der Waals surface area (Å²) < 4.78 is 5.31. The molecule has 29 heavy (non-hydrogen) atoms. The predicted molar refractivity (Wildman–Crippen MR) is 111 cm³/mol. The Labute approximate surface area is 169 Å². The molecule has 0 bridgehead atoms. The first-order valence-electron chi connectivity index (χ1n) is 9.22. The number of aryl methyl sites for hydroxylation is 1. The first kappa shape index (κ1) is 20.0. The summed E-state index contributed by atoms with van der Waals surface area (Å²) in [7, 11) is 0. The summed E-state index contributed by atoms with van der Waals surface area (Å²) in [5.74, 6) is -1.18. The first-order chi connectivity index (χ1) is 13.9. The third-order valence-corrected chi connectivity index (χ3v) is 4.38. The molecule has 1 atom stereocenters. The standard InChI is InChI=1S/C24H21NO4/c1-16-11-13-19(14-12-16)23(27)25-21-10-6-9-20(15-21)24(28)29-17(2)22(26)18-7-4-3-5-8-18/h3-15,17H,1-2H3,(H,25,27). The topological polar surface area (TPSA) is 72.5 Å². The molecule has 5 nitrogen and oxygen atoms in total. The summed E-state index contributed by atoms with van der Waals surface area (Å²) >= 11 is 0. The van der Waals surface area contributed by atoms with E-state index in [0.717, 1.165) is 5.56 Å². The Kier molecular flexibility index (Phi) is 6.19. The molecular formula is C24H21NO4. The quantitative estimate of drug-likeness (QED) is 0.493. The van der Waals surface area contributed by atoms with Crippen molar-refractivity contribution in [2.45, 2.75) is 20.0 Å². The number of carbonyl (C=O) groups is 3. The average Bonchev–Trinajstić information content (AvgIpc) is 2.74. The SMILES string of the molecule is Cc1ccc(C(=O)Nc2cccc(C(=O)OC(C)C(=O)c3ccccc3)c2)cc1. The number of anilines is 1. The molecule has 0 aliphatic rings. The normalized spacial score (nSPS) is 11.4. The fourth-order valence-electron chi connectivity index (χ4n) is 2.75. The molecule has 0 saturated carbocycles. The van der Waals surface area contributed by atoms with Gasteiger partial charge < -0.3 is 10.1 Å². The van der Waals surface area contributed by atoms with Gasteiger partial charge in [-0.3, -0.25) is 9.59 Å². The van der Waals surface area contributed by atoms with Crippen LogP contribution in [0.15, 0.2) is 78.9 Å². The largest absolute Gasteiger partial charge is 0.451 e. The Balaban J connectivity index is 1.66. The van der Waals surface area contributed by atoms with Crippen molar-refractivity contribution >= 4 is 23.3 Å². The summed E-state index contributed by atoms with van der Waals surface area (Å²) in [4.78, 5) is 37.2. The Morgan fingerprint density at radius 3 is 2.14 bits per heavy atom. The van der Waals surface area contributed by atoms with Crippen LogP contribution in [0, 0.1) is 6.92 Å². The maximum absolute atomic E-state index is 12.4. The Hall–Kier alpha value is -3.73. The molecule has 0 saturated heterocycles. The molecule has 3 aromatic carbocycles. The number of hydrogen-bond donors (Lipinski definition) is 1. The van der Waals surface area contributed by atoms with Gasteiger partial charge in [0.05, 0.1) is 5.56 Å². The minimum Gasteiger partial charge on any atom is -0.451 e. The van der Waals surface area contributed by atoms with Crippen LogP contribution in [0.3, 0.4) is 0 Å². The molecule has 1 N–H and O–H groups in total. The maximum Gasteiger partial charge on any atom is 0.338 e. The fourth-order valence-corrected chi connectivity index (χ4v) is 2.75. The molecule has 0 aromatic heterocycles. The molecule has 1 unspecified atom stereocenters. The van der Waals surface area contributed by atoms with Gasteiger partial charge in [-0.2, -0.15) is 0 Å². The van der Waals surface area contributed by atoms with Crippen molar-refractivity contribution in [3.8, 4) is 0 Å². The molecule has 146 valence electrons. The number of hydrogen-bond acceptors (Lipinski definition) is 4. The molecule has 3 rings (SSSR count). The Morgan fingerprint density at radius 2 is 1.45 bits per heavy atom. The number of nitrogens with one attached hydrogen (secondary N) is 1. The van der Waals surface area contributed by atoms with Crippen LogP contribution < -0.4 is 5.32 Å². The number of rotatable bonds is 6.